The molecule has 0 spiro atoms. The van der Waals surface area contributed by atoms with Gasteiger partial charge < -0.3 is 10.8 Å². The highest BCUT2D eigenvalue weighted by molar-refractivity contribution is 7.10. The highest BCUT2D eigenvalue weighted by atomic mass is 32.1. The van der Waals surface area contributed by atoms with Gasteiger partial charge >= 0.3 is 5.97 Å². The number of aromatic nitrogens is 1. The van der Waals surface area contributed by atoms with Gasteiger partial charge in [0, 0.05) is 23.1 Å². The smallest absolute Gasteiger partial charge is 0.335 e. The molecule has 110 valence electrons. The molecule has 0 unspecified atom stereocenters. The van der Waals surface area contributed by atoms with Crippen LogP contribution >= 0.6 is 11.3 Å². The molecule has 0 aliphatic heterocycles. The Labute approximate surface area is 131 Å². The fourth-order valence-electron chi connectivity index (χ4n) is 2.16. The van der Waals surface area contributed by atoms with Crippen molar-refractivity contribution < 1.29 is 9.90 Å². The Hall–Kier alpha value is -2.66. The van der Waals surface area contributed by atoms with Crippen molar-refractivity contribution in [3.05, 3.63) is 70.0 Å². The van der Waals surface area contributed by atoms with E-state index < -0.39 is 5.97 Å². The topological polar surface area (TPSA) is 76.2 Å². The number of carbonyl (C=O) groups is 1. The summed E-state index contributed by atoms with van der Waals surface area (Å²) in [7, 11) is 0. The Kier molecular flexibility index (Phi) is 3.89. The second-order valence-corrected chi connectivity index (χ2v) is 5.87. The van der Waals surface area contributed by atoms with Crippen LogP contribution in [0.3, 0.4) is 0 Å². The van der Waals surface area contributed by atoms with Crippen molar-refractivity contribution in [2.24, 2.45) is 0 Å². The van der Waals surface area contributed by atoms with Gasteiger partial charge in [-0.2, -0.15) is 0 Å². The maximum Gasteiger partial charge on any atom is 0.335 e. The highest BCUT2D eigenvalue weighted by Crippen LogP contribution is 2.24. The van der Waals surface area contributed by atoms with Crippen molar-refractivity contribution in [3.63, 3.8) is 0 Å². The summed E-state index contributed by atoms with van der Waals surface area (Å²) in [4.78, 5) is 15.5. The average Bonchev–Trinajstić information content (AvgIpc) is 2.96. The number of aromatic carboxylic acids is 1. The zero-order valence-corrected chi connectivity index (χ0v) is 12.5. The van der Waals surface area contributed by atoms with Gasteiger partial charge in [-0.1, -0.05) is 24.3 Å². The summed E-state index contributed by atoms with van der Waals surface area (Å²) in [6, 6.07) is 14.5. The van der Waals surface area contributed by atoms with E-state index in [2.05, 4.69) is 4.98 Å². The van der Waals surface area contributed by atoms with Crippen molar-refractivity contribution in [1.82, 2.24) is 4.98 Å². The number of carboxylic acid groups (broad SMARTS) is 1. The number of nitrogen functional groups attached to an aromatic ring is 1. The van der Waals surface area contributed by atoms with Crippen LogP contribution < -0.4 is 5.73 Å². The molecule has 4 nitrogen and oxygen atoms in total. The van der Waals surface area contributed by atoms with Crippen LogP contribution in [-0.2, 0) is 6.42 Å². The monoisotopic (exact) mass is 310 g/mol. The fraction of sp³-hybridized carbons (Fsp3) is 0.0588. The van der Waals surface area contributed by atoms with Crippen LogP contribution in [0.25, 0.3) is 11.3 Å². The summed E-state index contributed by atoms with van der Waals surface area (Å²) in [5.41, 5.74) is 9.76. The maximum atomic E-state index is 10.8. The molecule has 0 atom stereocenters. The summed E-state index contributed by atoms with van der Waals surface area (Å²) in [6.45, 7) is 0. The first kappa shape index (κ1) is 14.3. The van der Waals surface area contributed by atoms with E-state index in [-0.39, 0.29) is 0 Å². The lowest BCUT2D eigenvalue weighted by Gasteiger charge is -2.00. The maximum absolute atomic E-state index is 10.8. The number of nitrogens with two attached hydrogens (primary N) is 1. The largest absolute Gasteiger partial charge is 0.478 e. The number of benzene rings is 2. The molecular formula is C17H14N2O2S. The third-order valence-electron chi connectivity index (χ3n) is 3.29. The van der Waals surface area contributed by atoms with Gasteiger partial charge in [0.15, 0.2) is 0 Å². The molecule has 5 heteroatoms. The van der Waals surface area contributed by atoms with E-state index in [1.165, 1.54) is 0 Å². The molecule has 0 radical (unpaired) electrons. The first-order valence-electron chi connectivity index (χ1n) is 6.74. The van der Waals surface area contributed by atoms with E-state index >= 15 is 0 Å². The minimum atomic E-state index is -0.912. The highest BCUT2D eigenvalue weighted by Gasteiger charge is 2.07. The molecule has 0 amide bonds. The normalized spacial score (nSPS) is 10.5. The van der Waals surface area contributed by atoms with E-state index in [0.29, 0.717) is 12.0 Å². The summed E-state index contributed by atoms with van der Waals surface area (Å²) >= 11 is 1.59. The van der Waals surface area contributed by atoms with Gasteiger partial charge in [0.2, 0.25) is 0 Å². The molecule has 0 bridgehead atoms. The van der Waals surface area contributed by atoms with Gasteiger partial charge in [0.1, 0.15) is 0 Å². The lowest BCUT2D eigenvalue weighted by molar-refractivity contribution is 0.0697. The predicted molar refractivity (Wildman–Crippen MR) is 88.2 cm³/mol. The molecule has 3 N–H and O–H groups in total. The van der Waals surface area contributed by atoms with Crippen LogP contribution in [0.4, 0.5) is 5.69 Å². The van der Waals surface area contributed by atoms with Crippen LogP contribution in [0.2, 0.25) is 0 Å². The van der Waals surface area contributed by atoms with E-state index in [1.807, 2.05) is 41.8 Å². The van der Waals surface area contributed by atoms with E-state index in [4.69, 9.17) is 10.8 Å². The summed E-state index contributed by atoms with van der Waals surface area (Å²) in [5, 5.41) is 11.9. The van der Waals surface area contributed by atoms with E-state index in [9.17, 15) is 4.79 Å². The predicted octanol–water partition coefficient (Wildman–Crippen LogP) is 3.68. The minimum Gasteiger partial charge on any atom is -0.478 e. The number of hydrogen-bond acceptors (Lipinski definition) is 4. The molecule has 2 aromatic carbocycles. The zero-order chi connectivity index (χ0) is 15.5. The van der Waals surface area contributed by atoms with Crippen molar-refractivity contribution in [1.29, 1.82) is 0 Å². The molecule has 0 saturated heterocycles. The minimum absolute atomic E-state index is 0.295. The van der Waals surface area contributed by atoms with Crippen molar-refractivity contribution >= 4 is 23.0 Å². The van der Waals surface area contributed by atoms with Crippen molar-refractivity contribution in [2.75, 3.05) is 5.73 Å². The molecule has 0 aliphatic carbocycles. The SMILES string of the molecule is Nc1cccc(-c2csc(Cc3ccc(C(=O)O)cc3)n2)c1. The molecule has 1 heterocycles. The Morgan fingerprint density at radius 1 is 1.18 bits per heavy atom. The third kappa shape index (κ3) is 3.15. The molecular weight excluding hydrogens is 296 g/mol. The second kappa shape index (κ2) is 5.99. The lowest BCUT2D eigenvalue weighted by atomic mass is 10.1. The van der Waals surface area contributed by atoms with Crippen molar-refractivity contribution in [2.45, 2.75) is 6.42 Å². The molecule has 0 fully saturated rings. The molecule has 0 saturated carbocycles. The lowest BCUT2D eigenvalue weighted by Crippen LogP contribution is -1.96. The Bertz CT molecular complexity index is 810. The first-order chi connectivity index (χ1) is 10.6. The third-order valence-corrected chi connectivity index (χ3v) is 4.14. The molecule has 0 aliphatic rings. The first-order valence-corrected chi connectivity index (χ1v) is 7.62. The van der Waals surface area contributed by atoms with E-state index in [1.54, 1.807) is 23.5 Å². The molecule has 3 rings (SSSR count). The van der Waals surface area contributed by atoms with E-state index in [0.717, 1.165) is 27.5 Å². The average molecular weight is 310 g/mol. The second-order valence-electron chi connectivity index (χ2n) is 4.93. The molecule has 22 heavy (non-hydrogen) atoms. The van der Waals surface area contributed by atoms with Crippen LogP contribution in [0, 0.1) is 0 Å². The van der Waals surface area contributed by atoms with Gasteiger partial charge in [-0.05, 0) is 29.8 Å². The van der Waals surface area contributed by atoms with Gasteiger partial charge in [0.25, 0.3) is 0 Å². The van der Waals surface area contributed by atoms with Crippen LogP contribution in [0.5, 0.6) is 0 Å². The number of thiazole rings is 1. The van der Waals surface area contributed by atoms with Gasteiger partial charge in [-0.15, -0.1) is 11.3 Å². The Morgan fingerprint density at radius 2 is 1.95 bits per heavy atom. The number of carboxylic acids is 1. The summed E-state index contributed by atoms with van der Waals surface area (Å²) in [5.74, 6) is -0.912. The van der Waals surface area contributed by atoms with Crippen LogP contribution in [-0.4, -0.2) is 16.1 Å². The summed E-state index contributed by atoms with van der Waals surface area (Å²) in [6.07, 6.45) is 0.687. The molecule has 1 aromatic heterocycles. The number of rotatable bonds is 4. The standard InChI is InChI=1S/C17H14N2O2S/c18-14-3-1-2-13(9-14)15-10-22-16(19-15)8-11-4-6-12(7-5-11)17(20)21/h1-7,9-10H,8,18H2,(H,20,21). The number of nitrogens with zero attached hydrogens (tertiary/aromatic N) is 1. The van der Waals surface area contributed by atoms with Crippen molar-refractivity contribution in [3.8, 4) is 11.3 Å². The fourth-order valence-corrected chi connectivity index (χ4v) is 3.00. The quantitative estimate of drug-likeness (QED) is 0.721. The van der Waals surface area contributed by atoms with Gasteiger partial charge in [-0.3, -0.25) is 0 Å². The zero-order valence-electron chi connectivity index (χ0n) is 11.7. The number of anilines is 1. The van der Waals surface area contributed by atoms with Gasteiger partial charge in [-0.25, -0.2) is 9.78 Å². The summed E-state index contributed by atoms with van der Waals surface area (Å²) < 4.78 is 0. The van der Waals surface area contributed by atoms with Crippen LogP contribution in [0.15, 0.2) is 53.9 Å². The molecule has 3 aromatic rings. The Balaban J connectivity index is 1.78. The Morgan fingerprint density at radius 3 is 2.64 bits per heavy atom. The van der Waals surface area contributed by atoms with Gasteiger partial charge in [0.05, 0.1) is 16.3 Å². The number of hydrogen-bond donors (Lipinski definition) is 2. The van der Waals surface area contributed by atoms with Crippen LogP contribution in [0.1, 0.15) is 20.9 Å².